The van der Waals surface area contributed by atoms with Crippen LogP contribution in [0.1, 0.15) is 91.0 Å². The minimum Gasteiger partial charge on any atom is -0.489 e. The maximum absolute atomic E-state index is 13.4. The second-order valence-corrected chi connectivity index (χ2v) is 13.9. The number of aryl methyl sites for hydroxylation is 1. The van der Waals surface area contributed by atoms with E-state index in [1.54, 1.807) is 11.3 Å². The predicted octanol–water partition coefficient (Wildman–Crippen LogP) is 9.72. The maximum Gasteiger partial charge on any atom is 0.274 e. The fraction of sp³-hybridized carbons (Fsp3) is 0.333. The maximum atomic E-state index is 13.4. The third-order valence-corrected chi connectivity index (χ3v) is 10.2. The van der Waals surface area contributed by atoms with Gasteiger partial charge in [0.2, 0.25) is 0 Å². The summed E-state index contributed by atoms with van der Waals surface area (Å²) in [6, 6.07) is 26.4. The molecule has 1 aliphatic carbocycles. The smallest absolute Gasteiger partial charge is 0.274 e. The Morgan fingerprint density at radius 1 is 1.00 bits per heavy atom. The lowest BCUT2D eigenvalue weighted by Crippen LogP contribution is -2.23. The zero-order valence-electron chi connectivity index (χ0n) is 27.3. The van der Waals surface area contributed by atoms with Gasteiger partial charge in [0, 0.05) is 27.4 Å². The molecule has 0 radical (unpaired) electrons. The van der Waals surface area contributed by atoms with Crippen LogP contribution in [0.4, 0.5) is 0 Å². The van der Waals surface area contributed by atoms with Gasteiger partial charge in [0.25, 0.3) is 5.91 Å². The number of carbonyl (C=O) groups is 1. The van der Waals surface area contributed by atoms with Crippen molar-refractivity contribution in [3.8, 4) is 33.3 Å². The number of fused-ring (bicyclic) bond motifs is 1. The van der Waals surface area contributed by atoms with Gasteiger partial charge >= 0.3 is 0 Å². The summed E-state index contributed by atoms with van der Waals surface area (Å²) >= 11 is 1.76. The summed E-state index contributed by atoms with van der Waals surface area (Å²) in [5, 5.41) is 7.36. The van der Waals surface area contributed by atoms with Crippen LogP contribution in [0, 0.1) is 0 Å². The Kier molecular flexibility index (Phi) is 9.32. The molecule has 0 saturated heterocycles. The van der Waals surface area contributed by atoms with Crippen molar-refractivity contribution in [3.05, 3.63) is 112 Å². The quantitative estimate of drug-likeness (QED) is 0.157. The standard InChI is InChI=1S/C39H42N2O4S/c1-6-40-38(42)35-34(33-21-27-16-13-19-39(4,5)37(27)46-33)36(45-41-35)31-22-30(25(2)3)32(44-23-26-14-9-7-10-15-26)20-28(31)24-43-29-17-11-8-12-18-29/h7-12,14-15,17-18,20-22,25H,6,13,16,19,23-24H2,1-5H3,(H,40,42). The van der Waals surface area contributed by atoms with Crippen LogP contribution in [-0.2, 0) is 25.0 Å². The molecule has 0 unspecified atom stereocenters. The van der Waals surface area contributed by atoms with Crippen molar-refractivity contribution in [2.75, 3.05) is 6.54 Å². The summed E-state index contributed by atoms with van der Waals surface area (Å²) < 4.78 is 19.0. The van der Waals surface area contributed by atoms with E-state index >= 15 is 0 Å². The summed E-state index contributed by atoms with van der Waals surface area (Å²) in [5.74, 6) is 2.06. The van der Waals surface area contributed by atoms with Crippen LogP contribution < -0.4 is 14.8 Å². The van der Waals surface area contributed by atoms with E-state index < -0.39 is 0 Å². The zero-order valence-corrected chi connectivity index (χ0v) is 28.1. The summed E-state index contributed by atoms with van der Waals surface area (Å²) in [6.45, 7) is 12.1. The second-order valence-electron chi connectivity index (χ2n) is 12.9. The molecular weight excluding hydrogens is 593 g/mol. The molecule has 6 nitrogen and oxygen atoms in total. The molecule has 0 fully saturated rings. The third kappa shape index (κ3) is 6.61. The topological polar surface area (TPSA) is 73.6 Å². The van der Waals surface area contributed by atoms with Gasteiger partial charge in [-0.3, -0.25) is 4.79 Å². The van der Waals surface area contributed by atoms with E-state index in [0.29, 0.717) is 24.6 Å². The largest absolute Gasteiger partial charge is 0.489 e. The fourth-order valence-electron chi connectivity index (χ4n) is 6.21. The highest BCUT2D eigenvalue weighted by atomic mass is 32.1. The van der Waals surface area contributed by atoms with E-state index in [-0.39, 0.29) is 23.8 Å². The van der Waals surface area contributed by atoms with Crippen LogP contribution in [0.15, 0.2) is 83.4 Å². The molecule has 3 aromatic carbocycles. The summed E-state index contributed by atoms with van der Waals surface area (Å²) in [7, 11) is 0. The lowest BCUT2D eigenvalue weighted by atomic mass is 9.78. The molecule has 0 atom stereocenters. The van der Waals surface area contributed by atoms with E-state index in [0.717, 1.165) is 63.5 Å². The molecule has 2 aromatic heterocycles. The van der Waals surface area contributed by atoms with Gasteiger partial charge in [0.05, 0.1) is 5.56 Å². The molecule has 1 amide bonds. The fourth-order valence-corrected chi connectivity index (χ4v) is 7.59. The summed E-state index contributed by atoms with van der Waals surface area (Å²) in [5.41, 5.74) is 6.34. The molecule has 1 aliphatic rings. The van der Waals surface area contributed by atoms with Crippen molar-refractivity contribution in [1.82, 2.24) is 10.5 Å². The first-order chi connectivity index (χ1) is 22.2. The van der Waals surface area contributed by atoms with E-state index in [2.05, 4.69) is 68.5 Å². The number of nitrogens with zero attached hydrogens (tertiary/aromatic N) is 1. The number of ether oxygens (including phenoxy) is 2. The van der Waals surface area contributed by atoms with Crippen molar-refractivity contribution in [1.29, 1.82) is 0 Å². The highest BCUT2D eigenvalue weighted by molar-refractivity contribution is 7.16. The molecule has 5 aromatic rings. The molecule has 0 saturated carbocycles. The number of nitrogens with one attached hydrogen (secondary N) is 1. The highest BCUT2D eigenvalue weighted by Crippen LogP contribution is 2.48. The van der Waals surface area contributed by atoms with Crippen LogP contribution in [0.25, 0.3) is 21.8 Å². The zero-order chi connectivity index (χ0) is 32.3. The minimum absolute atomic E-state index is 0.0803. The van der Waals surface area contributed by atoms with Crippen LogP contribution in [0.3, 0.4) is 0 Å². The number of rotatable bonds is 11. The SMILES string of the molecule is CCNC(=O)c1noc(-c2cc(C(C)C)c(OCc3ccccc3)cc2COc2ccccc2)c1-c1cc2c(s1)C(C)(C)CCC2. The average Bonchev–Trinajstić information content (AvgIpc) is 3.69. The Hall–Kier alpha value is -4.36. The van der Waals surface area contributed by atoms with Crippen molar-refractivity contribution in [2.24, 2.45) is 0 Å². The molecule has 2 heterocycles. The lowest BCUT2D eigenvalue weighted by molar-refractivity contribution is 0.0947. The number of carbonyl (C=O) groups excluding carboxylic acids is 1. The van der Waals surface area contributed by atoms with Crippen molar-refractivity contribution in [2.45, 2.75) is 78.4 Å². The predicted molar refractivity (Wildman–Crippen MR) is 185 cm³/mol. The Morgan fingerprint density at radius 3 is 2.43 bits per heavy atom. The molecule has 0 spiro atoms. The molecule has 1 N–H and O–H groups in total. The number of hydrogen-bond donors (Lipinski definition) is 1. The molecule has 7 heteroatoms. The van der Waals surface area contributed by atoms with Gasteiger partial charge in [0.1, 0.15) is 24.7 Å². The molecule has 6 rings (SSSR count). The Bertz CT molecular complexity index is 1800. The third-order valence-electron chi connectivity index (χ3n) is 8.64. The molecule has 0 bridgehead atoms. The molecule has 46 heavy (non-hydrogen) atoms. The van der Waals surface area contributed by atoms with Gasteiger partial charge in [-0.05, 0) is 84.5 Å². The van der Waals surface area contributed by atoms with Crippen molar-refractivity contribution in [3.63, 3.8) is 0 Å². The first-order valence-electron chi connectivity index (χ1n) is 16.2. The van der Waals surface area contributed by atoms with E-state index in [1.807, 2.05) is 55.5 Å². The van der Waals surface area contributed by atoms with E-state index in [1.165, 1.54) is 10.4 Å². The minimum atomic E-state index is -0.243. The average molecular weight is 635 g/mol. The van der Waals surface area contributed by atoms with Crippen LogP contribution >= 0.6 is 11.3 Å². The van der Waals surface area contributed by atoms with Crippen molar-refractivity contribution < 1.29 is 18.8 Å². The van der Waals surface area contributed by atoms with Crippen LogP contribution in [0.5, 0.6) is 11.5 Å². The van der Waals surface area contributed by atoms with Gasteiger partial charge in [-0.1, -0.05) is 81.4 Å². The number of para-hydroxylation sites is 1. The van der Waals surface area contributed by atoms with Crippen LogP contribution in [0.2, 0.25) is 0 Å². The van der Waals surface area contributed by atoms with Gasteiger partial charge in [-0.2, -0.15) is 0 Å². The number of amides is 1. The molecule has 238 valence electrons. The first-order valence-corrected chi connectivity index (χ1v) is 17.0. The number of hydrogen-bond acceptors (Lipinski definition) is 6. The number of thiophene rings is 1. The van der Waals surface area contributed by atoms with Crippen LogP contribution in [-0.4, -0.2) is 17.6 Å². The Labute approximate surface area is 275 Å². The van der Waals surface area contributed by atoms with Gasteiger partial charge in [0.15, 0.2) is 11.5 Å². The highest BCUT2D eigenvalue weighted by Gasteiger charge is 2.33. The Morgan fingerprint density at radius 2 is 1.74 bits per heavy atom. The summed E-state index contributed by atoms with van der Waals surface area (Å²) in [6.07, 6.45) is 3.33. The molecule has 0 aliphatic heterocycles. The first kappa shape index (κ1) is 31.6. The van der Waals surface area contributed by atoms with Crippen molar-refractivity contribution >= 4 is 17.2 Å². The van der Waals surface area contributed by atoms with E-state index in [4.69, 9.17) is 14.0 Å². The van der Waals surface area contributed by atoms with Gasteiger partial charge in [-0.25, -0.2) is 0 Å². The normalized spacial score (nSPS) is 13.8. The van der Waals surface area contributed by atoms with E-state index in [9.17, 15) is 4.79 Å². The van der Waals surface area contributed by atoms with Gasteiger partial charge in [-0.15, -0.1) is 11.3 Å². The Balaban J connectivity index is 1.51. The van der Waals surface area contributed by atoms with Gasteiger partial charge < -0.3 is 19.3 Å². The number of aromatic nitrogens is 1. The second kappa shape index (κ2) is 13.6. The number of benzene rings is 3. The summed E-state index contributed by atoms with van der Waals surface area (Å²) in [4.78, 5) is 15.8. The monoisotopic (exact) mass is 634 g/mol. The molecular formula is C39H42N2O4S. The lowest BCUT2D eigenvalue weighted by Gasteiger charge is -2.29.